The first-order valence-electron chi connectivity index (χ1n) is 24.9. The van der Waals surface area contributed by atoms with E-state index in [1.165, 1.54) is 25.3 Å². The summed E-state index contributed by atoms with van der Waals surface area (Å²) in [5, 5.41) is 78.5. The molecular formula is C49H85O16P. The summed E-state index contributed by atoms with van der Waals surface area (Å²) < 4.78 is 34.7. The number of ketones is 1. The van der Waals surface area contributed by atoms with Crippen LogP contribution >= 0.6 is 7.82 Å². The number of aliphatic hydroxyl groups excluding tert-OH is 7. The van der Waals surface area contributed by atoms with Crippen molar-refractivity contribution in [3.63, 3.8) is 0 Å². The first-order chi connectivity index (χ1) is 31.6. The lowest BCUT2D eigenvalue weighted by molar-refractivity contribution is -0.167. The van der Waals surface area contributed by atoms with Crippen LogP contribution in [0.1, 0.15) is 174 Å². The number of fused-ring (bicyclic) bond motifs is 4. The van der Waals surface area contributed by atoms with Crippen molar-refractivity contribution in [2.75, 3.05) is 13.2 Å². The normalized spacial score (nSPS) is 30.9. The first kappa shape index (κ1) is 59.8. The van der Waals surface area contributed by atoms with Crippen LogP contribution < -0.4 is 0 Å². The van der Waals surface area contributed by atoms with E-state index in [1.807, 2.05) is 6.92 Å². The molecular weight excluding hydrogens is 875 g/mol. The van der Waals surface area contributed by atoms with Gasteiger partial charge in [-0.05, 0) is 57.8 Å². The van der Waals surface area contributed by atoms with Crippen LogP contribution in [0.5, 0.6) is 0 Å². The SMILES string of the molecule is CCCCC/C=C\C/C=C\CCCCCCCCCC(=O)OC[C@@H]1COP(=O)(O)O[C@H]2[C@H](O)[C@@H](O)[C@H](O)[C@@H](CCCCCCC(=O)O1)[C@@H](O)CC(=O)[C@H](/C=C/[C@@H](O)CCCCC)[C@@H](O)[C@H]2O. The smallest absolute Gasteiger partial charge is 0.462 e. The number of esters is 2. The Labute approximate surface area is 393 Å². The van der Waals surface area contributed by atoms with Gasteiger partial charge in [0.1, 0.15) is 36.8 Å². The van der Waals surface area contributed by atoms with Gasteiger partial charge in [0, 0.05) is 25.2 Å². The highest BCUT2D eigenvalue weighted by Crippen LogP contribution is 2.47. The van der Waals surface area contributed by atoms with Crippen LogP contribution in [0.3, 0.4) is 0 Å². The van der Waals surface area contributed by atoms with Gasteiger partial charge >= 0.3 is 19.8 Å². The predicted octanol–water partition coefficient (Wildman–Crippen LogP) is 6.76. The molecule has 2 fully saturated rings. The number of phosphoric ester groups is 1. The number of phosphoric acid groups is 1. The minimum Gasteiger partial charge on any atom is -0.462 e. The second-order valence-electron chi connectivity index (χ2n) is 18.1. The molecule has 17 heteroatoms. The van der Waals surface area contributed by atoms with Crippen LogP contribution in [0.4, 0.5) is 0 Å². The summed E-state index contributed by atoms with van der Waals surface area (Å²) in [7, 11) is -5.45. The number of Topliss-reactive ketones (excluding diaryl/α,β-unsaturated/α-hetero) is 1. The van der Waals surface area contributed by atoms with Crippen molar-refractivity contribution < 1.29 is 78.1 Å². The van der Waals surface area contributed by atoms with Crippen molar-refractivity contribution in [1.82, 2.24) is 0 Å². The van der Waals surface area contributed by atoms with Crippen LogP contribution in [0.25, 0.3) is 0 Å². The van der Waals surface area contributed by atoms with E-state index in [0.29, 0.717) is 44.9 Å². The summed E-state index contributed by atoms with van der Waals surface area (Å²) in [5.41, 5.74) is 0. The average molecular weight is 961 g/mol. The summed E-state index contributed by atoms with van der Waals surface area (Å²) in [5.74, 6) is -4.97. The number of ether oxygens (including phenoxy) is 2. The number of hydrogen-bond donors (Lipinski definition) is 8. The van der Waals surface area contributed by atoms with E-state index in [1.54, 1.807) is 0 Å². The van der Waals surface area contributed by atoms with E-state index in [-0.39, 0.29) is 19.3 Å². The largest absolute Gasteiger partial charge is 0.472 e. The van der Waals surface area contributed by atoms with Crippen LogP contribution in [0, 0.1) is 11.8 Å². The lowest BCUT2D eigenvalue weighted by Crippen LogP contribution is -2.55. The molecule has 1 aliphatic heterocycles. The number of rotatable bonds is 24. The molecule has 8 N–H and O–H groups in total. The Bertz CT molecular complexity index is 1470. The number of aliphatic hydroxyl groups is 7. The Morgan fingerprint density at radius 3 is 2.05 bits per heavy atom. The fourth-order valence-corrected chi connectivity index (χ4v) is 9.22. The Balaban J connectivity index is 2.09. The number of carbonyl (C=O) groups is 3. The average Bonchev–Trinajstić information content (AvgIpc) is 3.28. The van der Waals surface area contributed by atoms with Gasteiger partial charge < -0.3 is 50.1 Å². The molecule has 2 bridgehead atoms. The topological polar surface area (TPSA) is 267 Å². The second kappa shape index (κ2) is 34.9. The predicted molar refractivity (Wildman–Crippen MR) is 250 cm³/mol. The third-order valence-electron chi connectivity index (χ3n) is 12.4. The molecule has 2 rings (SSSR count). The minimum atomic E-state index is -5.45. The molecule has 0 radical (unpaired) electrons. The summed E-state index contributed by atoms with van der Waals surface area (Å²) in [6.07, 6.45) is 11.3. The van der Waals surface area contributed by atoms with Gasteiger partial charge in [-0.25, -0.2) is 4.57 Å². The molecule has 0 spiro atoms. The molecule has 0 aromatic carbocycles. The maximum atomic E-state index is 13.7. The van der Waals surface area contributed by atoms with Gasteiger partial charge in [-0.2, -0.15) is 0 Å². The van der Waals surface area contributed by atoms with Crippen LogP contribution in [-0.4, -0.2) is 127 Å². The maximum absolute atomic E-state index is 13.7. The van der Waals surface area contributed by atoms with Gasteiger partial charge in [0.15, 0.2) is 6.10 Å². The zero-order valence-electron chi connectivity index (χ0n) is 39.7. The lowest BCUT2D eigenvalue weighted by Gasteiger charge is -2.37. The van der Waals surface area contributed by atoms with Crippen LogP contribution in [-0.2, 0) is 37.5 Å². The molecule has 1 aliphatic carbocycles. The number of allylic oxidation sites excluding steroid dienone is 4. The molecule has 2 aliphatic rings. The van der Waals surface area contributed by atoms with E-state index in [4.69, 9.17) is 18.5 Å². The summed E-state index contributed by atoms with van der Waals surface area (Å²) in [6.45, 7) is 2.80. The molecule has 0 amide bonds. The molecule has 1 heterocycles. The Hall–Kier alpha value is -2.34. The summed E-state index contributed by atoms with van der Waals surface area (Å²) in [4.78, 5) is 50.2. The van der Waals surface area contributed by atoms with Crippen molar-refractivity contribution >= 4 is 25.5 Å². The van der Waals surface area contributed by atoms with Gasteiger partial charge in [0.05, 0.1) is 36.9 Å². The second-order valence-corrected chi connectivity index (χ2v) is 19.5. The molecule has 1 saturated carbocycles. The highest BCUT2D eigenvalue weighted by atomic mass is 31.2. The Morgan fingerprint density at radius 2 is 1.36 bits per heavy atom. The molecule has 12 atom stereocenters. The van der Waals surface area contributed by atoms with Crippen molar-refractivity contribution in [3.05, 3.63) is 36.5 Å². The Kier molecular flexibility index (Phi) is 31.6. The molecule has 1 saturated heterocycles. The van der Waals surface area contributed by atoms with Crippen molar-refractivity contribution in [1.29, 1.82) is 0 Å². The van der Waals surface area contributed by atoms with Gasteiger partial charge in [0.25, 0.3) is 0 Å². The molecule has 0 aromatic rings. The van der Waals surface area contributed by atoms with Gasteiger partial charge in [-0.1, -0.05) is 134 Å². The van der Waals surface area contributed by atoms with E-state index in [0.717, 1.165) is 76.7 Å². The molecule has 0 aromatic heterocycles. The van der Waals surface area contributed by atoms with Crippen molar-refractivity contribution in [3.8, 4) is 0 Å². The fourth-order valence-electron chi connectivity index (χ4n) is 8.24. The van der Waals surface area contributed by atoms with E-state index < -0.39 is 112 Å². The van der Waals surface area contributed by atoms with Gasteiger partial charge in [0.2, 0.25) is 0 Å². The summed E-state index contributed by atoms with van der Waals surface area (Å²) in [6, 6.07) is 0. The standard InChI is InChI=1S/C49H85O16P/c1-3-5-7-8-9-10-11-12-13-14-15-16-17-18-19-20-25-29-42(53)62-34-37-35-63-66(60,61)65-49-47(58)45(56)39(32-31-36(50)27-23-6-4-2)41(52)33-40(51)38(44(55)46(57)48(49)59)28-24-21-22-26-30-43(54)64-37/h9-10,12-13,31-32,36-40,44-51,55-59H,3-8,11,14-30,33-35H2,1-2H3,(H,60,61)/b10-9-,13-12-,32-31+/t36-,37+,38-,39-,40-,44+,45+,46-,47+,48+,49+/m0/s1. The molecule has 66 heavy (non-hydrogen) atoms. The number of carbonyl (C=O) groups excluding carboxylic acids is 3. The van der Waals surface area contributed by atoms with Gasteiger partial charge in [-0.3, -0.25) is 23.4 Å². The zero-order chi connectivity index (χ0) is 48.7. The third-order valence-corrected chi connectivity index (χ3v) is 13.3. The minimum absolute atomic E-state index is 0.0299. The number of cyclic esters (lactones) is 1. The van der Waals surface area contributed by atoms with Crippen LogP contribution in [0.15, 0.2) is 36.5 Å². The maximum Gasteiger partial charge on any atom is 0.472 e. The quantitative estimate of drug-likeness (QED) is 0.0215. The van der Waals surface area contributed by atoms with E-state index in [2.05, 4.69) is 31.2 Å². The highest BCUT2D eigenvalue weighted by molar-refractivity contribution is 7.47. The lowest BCUT2D eigenvalue weighted by atomic mass is 9.82. The van der Waals surface area contributed by atoms with Crippen LogP contribution in [0.2, 0.25) is 0 Å². The molecule has 1 unspecified atom stereocenters. The van der Waals surface area contributed by atoms with Crippen molar-refractivity contribution in [2.24, 2.45) is 11.8 Å². The number of unbranched alkanes of at least 4 members (excludes halogenated alkanes) is 12. The van der Waals surface area contributed by atoms with Gasteiger partial charge in [-0.15, -0.1) is 0 Å². The number of hydrogen-bond acceptors (Lipinski definition) is 15. The Morgan fingerprint density at radius 1 is 0.758 bits per heavy atom. The monoisotopic (exact) mass is 961 g/mol. The summed E-state index contributed by atoms with van der Waals surface area (Å²) >= 11 is 0. The molecule has 382 valence electrons. The third kappa shape index (κ3) is 24.8. The van der Waals surface area contributed by atoms with E-state index >= 15 is 0 Å². The highest BCUT2D eigenvalue weighted by Gasteiger charge is 2.49. The van der Waals surface area contributed by atoms with Crippen molar-refractivity contribution in [2.45, 2.75) is 229 Å². The fraction of sp³-hybridized carbons (Fsp3) is 0.816. The molecule has 16 nitrogen and oxygen atoms in total. The van der Waals surface area contributed by atoms with E-state index in [9.17, 15) is 59.6 Å². The zero-order valence-corrected chi connectivity index (χ0v) is 40.6. The first-order valence-corrected chi connectivity index (χ1v) is 26.4.